The van der Waals surface area contributed by atoms with Gasteiger partial charge in [-0.05, 0) is 32.4 Å². The van der Waals surface area contributed by atoms with Gasteiger partial charge in [-0.25, -0.2) is 0 Å². The maximum atomic E-state index is 13.2. The van der Waals surface area contributed by atoms with Crippen molar-refractivity contribution in [3.63, 3.8) is 0 Å². The van der Waals surface area contributed by atoms with Crippen LogP contribution in [0.4, 0.5) is 0 Å². The number of pyridine rings is 1. The molecule has 2 aromatic heterocycles. The van der Waals surface area contributed by atoms with Gasteiger partial charge in [0.2, 0.25) is 5.91 Å². The third kappa shape index (κ3) is 4.19. The van der Waals surface area contributed by atoms with Gasteiger partial charge in [0.15, 0.2) is 0 Å². The Labute approximate surface area is 167 Å². The number of hydrogen-bond acceptors (Lipinski definition) is 4. The molecule has 6 nitrogen and oxygen atoms in total. The van der Waals surface area contributed by atoms with E-state index in [1.807, 2.05) is 55.7 Å². The van der Waals surface area contributed by atoms with Gasteiger partial charge in [-0.3, -0.25) is 14.5 Å². The second-order valence-electron chi connectivity index (χ2n) is 6.47. The minimum absolute atomic E-state index is 0. The van der Waals surface area contributed by atoms with Crippen LogP contribution in [-0.4, -0.2) is 45.2 Å². The lowest BCUT2D eigenvalue weighted by molar-refractivity contribution is -0.135. The third-order valence-corrected chi connectivity index (χ3v) is 4.96. The first-order valence-electron chi connectivity index (χ1n) is 8.42. The predicted molar refractivity (Wildman–Crippen MR) is 107 cm³/mol. The first-order chi connectivity index (χ1) is 11.5. The number of nitrogens with one attached hydrogen (secondary N) is 1. The van der Waals surface area contributed by atoms with E-state index in [1.54, 1.807) is 6.20 Å². The summed E-state index contributed by atoms with van der Waals surface area (Å²) >= 11 is 0. The minimum Gasteiger partial charge on any atom is -0.333 e. The van der Waals surface area contributed by atoms with Crippen molar-refractivity contribution >= 4 is 30.7 Å². The number of rotatable bonds is 3. The van der Waals surface area contributed by atoms with Crippen LogP contribution in [0.1, 0.15) is 41.4 Å². The molecule has 1 aliphatic heterocycles. The smallest absolute Gasteiger partial charge is 0.230 e. The summed E-state index contributed by atoms with van der Waals surface area (Å²) < 4.78 is 1.85. The van der Waals surface area contributed by atoms with Gasteiger partial charge in [0.1, 0.15) is 0 Å². The molecule has 0 aromatic carbocycles. The molecule has 0 spiro atoms. The molecule has 1 N–H and O–H groups in total. The Balaban J connectivity index is 0.00000169. The molecule has 2 unspecified atom stereocenters. The molecule has 0 bridgehead atoms. The van der Waals surface area contributed by atoms with Crippen molar-refractivity contribution in [2.24, 2.45) is 7.05 Å². The lowest BCUT2D eigenvalue weighted by Gasteiger charge is -2.38. The summed E-state index contributed by atoms with van der Waals surface area (Å²) in [5, 5.41) is 7.85. The average Bonchev–Trinajstić information content (AvgIpc) is 2.86. The molecule has 3 rings (SSSR count). The normalized spacial score (nSPS) is 17.8. The second-order valence-corrected chi connectivity index (χ2v) is 6.47. The van der Waals surface area contributed by atoms with E-state index >= 15 is 0 Å². The highest BCUT2D eigenvalue weighted by Crippen LogP contribution is 2.29. The molecule has 0 radical (unpaired) electrons. The zero-order chi connectivity index (χ0) is 17.3. The van der Waals surface area contributed by atoms with Crippen LogP contribution >= 0.6 is 24.8 Å². The molecule has 8 heteroatoms. The lowest BCUT2D eigenvalue weighted by Crippen LogP contribution is -2.50. The Morgan fingerprint density at radius 2 is 2.08 bits per heavy atom. The van der Waals surface area contributed by atoms with Crippen LogP contribution in [0.25, 0.3) is 0 Å². The van der Waals surface area contributed by atoms with Crippen molar-refractivity contribution in [3.05, 3.63) is 47.0 Å². The van der Waals surface area contributed by atoms with E-state index in [1.165, 1.54) is 0 Å². The van der Waals surface area contributed by atoms with Crippen molar-refractivity contribution in [2.75, 3.05) is 19.6 Å². The summed E-state index contributed by atoms with van der Waals surface area (Å²) in [7, 11) is 1.92. The summed E-state index contributed by atoms with van der Waals surface area (Å²) in [6.45, 7) is 8.27. The van der Waals surface area contributed by atoms with Gasteiger partial charge in [0, 0.05) is 50.3 Å². The average molecular weight is 400 g/mol. The molecule has 2 aromatic rings. The van der Waals surface area contributed by atoms with Gasteiger partial charge >= 0.3 is 0 Å². The molecule has 26 heavy (non-hydrogen) atoms. The molecule has 1 saturated heterocycles. The lowest BCUT2D eigenvalue weighted by atomic mass is 9.95. The van der Waals surface area contributed by atoms with Gasteiger partial charge in [-0.2, -0.15) is 5.10 Å². The maximum Gasteiger partial charge on any atom is 0.230 e. The zero-order valence-electron chi connectivity index (χ0n) is 15.6. The van der Waals surface area contributed by atoms with Crippen molar-refractivity contribution in [1.82, 2.24) is 25.0 Å². The first-order valence-corrected chi connectivity index (χ1v) is 8.42. The quantitative estimate of drug-likeness (QED) is 0.860. The highest BCUT2D eigenvalue weighted by Gasteiger charge is 2.33. The Kier molecular flexibility index (Phi) is 8.06. The zero-order valence-corrected chi connectivity index (χ0v) is 17.2. The number of aromatic nitrogens is 3. The van der Waals surface area contributed by atoms with Crippen LogP contribution in [-0.2, 0) is 11.8 Å². The molecule has 1 amide bonds. The van der Waals surface area contributed by atoms with E-state index in [9.17, 15) is 4.79 Å². The standard InChI is InChI=1S/C18H25N5O.2ClH/c1-12(17-13(2)21-22(4)14(17)3)18(24)23-9-8-20-11-16(23)15-6-5-7-19-10-15;;/h5-7,10,12,16,20H,8-9,11H2,1-4H3;2*1H. The van der Waals surface area contributed by atoms with E-state index in [0.29, 0.717) is 6.54 Å². The number of carbonyl (C=O) groups excluding carboxylic acids is 1. The Hall–Kier alpha value is -1.63. The minimum atomic E-state index is -0.198. The van der Waals surface area contributed by atoms with Crippen LogP contribution in [0.3, 0.4) is 0 Å². The fourth-order valence-corrected chi connectivity index (χ4v) is 3.63. The number of halogens is 2. The van der Waals surface area contributed by atoms with E-state index in [2.05, 4.69) is 15.4 Å². The number of aryl methyl sites for hydroxylation is 2. The first kappa shape index (κ1) is 22.4. The second kappa shape index (κ2) is 9.35. The number of nitrogens with zero attached hydrogens (tertiary/aromatic N) is 4. The van der Waals surface area contributed by atoms with Crippen LogP contribution in [0, 0.1) is 13.8 Å². The van der Waals surface area contributed by atoms with Crippen LogP contribution in [0.5, 0.6) is 0 Å². The Bertz CT molecular complexity index is 735. The van der Waals surface area contributed by atoms with Crippen molar-refractivity contribution in [3.8, 4) is 0 Å². The molecule has 1 aliphatic rings. The number of piperazine rings is 1. The summed E-state index contributed by atoms with van der Waals surface area (Å²) in [6, 6.07) is 3.99. The van der Waals surface area contributed by atoms with Gasteiger partial charge in [0.05, 0.1) is 17.7 Å². The molecule has 3 heterocycles. The number of hydrogen-bond donors (Lipinski definition) is 1. The Morgan fingerprint density at radius 1 is 1.35 bits per heavy atom. The van der Waals surface area contributed by atoms with Crippen LogP contribution < -0.4 is 5.32 Å². The van der Waals surface area contributed by atoms with Gasteiger partial charge in [-0.1, -0.05) is 6.07 Å². The molecular formula is C18H27Cl2N5O. The van der Waals surface area contributed by atoms with Gasteiger partial charge in [-0.15, -0.1) is 24.8 Å². The fourth-order valence-electron chi connectivity index (χ4n) is 3.63. The van der Waals surface area contributed by atoms with E-state index in [-0.39, 0.29) is 42.7 Å². The number of amides is 1. The Morgan fingerprint density at radius 3 is 2.65 bits per heavy atom. The molecule has 0 aliphatic carbocycles. The van der Waals surface area contributed by atoms with Gasteiger partial charge in [0.25, 0.3) is 0 Å². The topological polar surface area (TPSA) is 63.1 Å². The van der Waals surface area contributed by atoms with E-state index in [4.69, 9.17) is 0 Å². The summed E-state index contributed by atoms with van der Waals surface area (Å²) in [5.74, 6) is -0.0412. The molecule has 0 saturated carbocycles. The monoisotopic (exact) mass is 399 g/mol. The summed E-state index contributed by atoms with van der Waals surface area (Å²) in [5.41, 5.74) is 4.11. The van der Waals surface area contributed by atoms with Crippen molar-refractivity contribution < 1.29 is 4.79 Å². The SMILES string of the molecule is Cc1nn(C)c(C)c1C(C)C(=O)N1CCNCC1c1cccnc1.Cl.Cl. The molecular weight excluding hydrogens is 373 g/mol. The predicted octanol–water partition coefficient (Wildman–Crippen LogP) is 2.55. The highest BCUT2D eigenvalue weighted by atomic mass is 35.5. The molecule has 2 atom stereocenters. The highest BCUT2D eigenvalue weighted by molar-refractivity contribution is 5.86. The van der Waals surface area contributed by atoms with Gasteiger partial charge < -0.3 is 10.2 Å². The molecule has 144 valence electrons. The molecule has 1 fully saturated rings. The van der Waals surface area contributed by atoms with Crippen LogP contribution in [0.2, 0.25) is 0 Å². The summed E-state index contributed by atoms with van der Waals surface area (Å²) in [6.07, 6.45) is 3.61. The van der Waals surface area contributed by atoms with Crippen molar-refractivity contribution in [2.45, 2.75) is 32.7 Å². The fraction of sp³-hybridized carbons (Fsp3) is 0.500. The summed E-state index contributed by atoms with van der Waals surface area (Å²) in [4.78, 5) is 19.4. The van der Waals surface area contributed by atoms with Crippen LogP contribution in [0.15, 0.2) is 24.5 Å². The maximum absolute atomic E-state index is 13.2. The third-order valence-electron chi connectivity index (χ3n) is 4.96. The van der Waals surface area contributed by atoms with E-state index < -0.39 is 0 Å². The number of carbonyl (C=O) groups is 1. The van der Waals surface area contributed by atoms with Crippen molar-refractivity contribution in [1.29, 1.82) is 0 Å². The van der Waals surface area contributed by atoms with E-state index in [0.717, 1.165) is 35.6 Å². The largest absolute Gasteiger partial charge is 0.333 e.